The maximum absolute atomic E-state index is 12.5. The van der Waals surface area contributed by atoms with E-state index in [2.05, 4.69) is 32.9 Å². The van der Waals surface area contributed by atoms with E-state index in [1.54, 1.807) is 38.2 Å². The average Bonchev–Trinajstić information content (AvgIpc) is 2.98. The molecule has 0 bridgehead atoms. The van der Waals surface area contributed by atoms with Crippen LogP contribution in [0.1, 0.15) is 23.7 Å². The SMILES string of the molecule is CCOC(=O)c1ccc(N=C2S[C@@H](CC(=O)Nc3ccc(I)cc3)C(=O)N2C)cc1. The molecule has 1 aliphatic heterocycles. The molecule has 1 N–H and O–H groups in total. The van der Waals surface area contributed by atoms with Crippen LogP contribution in [0.15, 0.2) is 53.5 Å². The highest BCUT2D eigenvalue weighted by Gasteiger charge is 2.37. The van der Waals surface area contributed by atoms with Gasteiger partial charge in [-0.15, -0.1) is 0 Å². The van der Waals surface area contributed by atoms with Crippen LogP contribution in [0.25, 0.3) is 0 Å². The fraction of sp³-hybridized carbons (Fsp3) is 0.238. The first-order valence-corrected chi connectivity index (χ1v) is 11.2. The molecule has 156 valence electrons. The second-order valence-corrected chi connectivity index (χ2v) is 8.84. The van der Waals surface area contributed by atoms with Crippen molar-refractivity contribution in [3.05, 3.63) is 57.7 Å². The van der Waals surface area contributed by atoms with E-state index in [-0.39, 0.29) is 18.2 Å². The number of nitrogens with one attached hydrogen (secondary N) is 1. The van der Waals surface area contributed by atoms with Crippen LogP contribution in [0.4, 0.5) is 11.4 Å². The van der Waals surface area contributed by atoms with Crippen molar-refractivity contribution in [1.29, 1.82) is 0 Å². The summed E-state index contributed by atoms with van der Waals surface area (Å²) in [5.74, 6) is -0.784. The molecule has 1 fully saturated rings. The molecule has 1 saturated heterocycles. The fourth-order valence-corrected chi connectivity index (χ4v) is 4.22. The molecule has 3 rings (SSSR count). The number of carbonyl (C=O) groups is 3. The van der Waals surface area contributed by atoms with E-state index < -0.39 is 11.2 Å². The maximum atomic E-state index is 12.5. The Hall–Kier alpha value is -2.40. The van der Waals surface area contributed by atoms with Crippen molar-refractivity contribution in [2.75, 3.05) is 19.0 Å². The molecule has 1 heterocycles. The highest BCUT2D eigenvalue weighted by molar-refractivity contribution is 14.1. The summed E-state index contributed by atoms with van der Waals surface area (Å²) in [6, 6.07) is 14.1. The predicted octanol–water partition coefficient (Wildman–Crippen LogP) is 4.06. The van der Waals surface area contributed by atoms with Gasteiger partial charge in [-0.25, -0.2) is 9.79 Å². The van der Waals surface area contributed by atoms with Crippen molar-refractivity contribution in [1.82, 2.24) is 4.90 Å². The zero-order valence-corrected chi connectivity index (χ0v) is 19.4. The van der Waals surface area contributed by atoms with Crippen LogP contribution in [0.2, 0.25) is 0 Å². The van der Waals surface area contributed by atoms with Crippen molar-refractivity contribution in [2.45, 2.75) is 18.6 Å². The molecule has 1 atom stereocenters. The minimum atomic E-state index is -0.531. The van der Waals surface area contributed by atoms with Gasteiger partial charge in [-0.3, -0.25) is 14.5 Å². The largest absolute Gasteiger partial charge is 0.462 e. The van der Waals surface area contributed by atoms with Crippen LogP contribution in [-0.2, 0) is 14.3 Å². The van der Waals surface area contributed by atoms with Gasteiger partial charge < -0.3 is 10.1 Å². The highest BCUT2D eigenvalue weighted by Crippen LogP contribution is 2.31. The first kappa shape index (κ1) is 22.3. The first-order valence-electron chi connectivity index (χ1n) is 9.23. The minimum absolute atomic E-state index is 0.0562. The van der Waals surface area contributed by atoms with Crippen LogP contribution in [-0.4, -0.2) is 46.8 Å². The number of benzene rings is 2. The number of esters is 1. The van der Waals surface area contributed by atoms with Crippen LogP contribution < -0.4 is 5.32 Å². The number of nitrogens with zero attached hydrogens (tertiary/aromatic N) is 2. The Labute approximate surface area is 192 Å². The van der Waals surface area contributed by atoms with Crippen molar-refractivity contribution in [3.8, 4) is 0 Å². The lowest BCUT2D eigenvalue weighted by Crippen LogP contribution is -2.30. The summed E-state index contributed by atoms with van der Waals surface area (Å²) in [6.45, 7) is 2.06. The minimum Gasteiger partial charge on any atom is -0.462 e. The van der Waals surface area contributed by atoms with Gasteiger partial charge in [0.25, 0.3) is 0 Å². The van der Waals surface area contributed by atoms with Crippen LogP contribution >= 0.6 is 34.4 Å². The lowest BCUT2D eigenvalue weighted by Gasteiger charge is -2.09. The monoisotopic (exact) mass is 537 g/mol. The van der Waals surface area contributed by atoms with E-state index in [0.717, 1.165) is 3.57 Å². The summed E-state index contributed by atoms with van der Waals surface area (Å²) >= 11 is 3.45. The Kier molecular flexibility index (Phi) is 7.48. The summed E-state index contributed by atoms with van der Waals surface area (Å²) in [7, 11) is 1.64. The van der Waals surface area contributed by atoms with Gasteiger partial charge in [0.15, 0.2) is 5.17 Å². The topological polar surface area (TPSA) is 88.1 Å². The summed E-state index contributed by atoms with van der Waals surface area (Å²) in [5, 5.41) is 2.79. The summed E-state index contributed by atoms with van der Waals surface area (Å²) in [4.78, 5) is 42.6. The third-order valence-electron chi connectivity index (χ3n) is 4.24. The number of hydrogen-bond acceptors (Lipinski definition) is 6. The lowest BCUT2D eigenvalue weighted by atomic mass is 10.2. The Morgan fingerprint density at radius 2 is 1.83 bits per heavy atom. The number of thioether (sulfide) groups is 1. The molecule has 2 aromatic carbocycles. The molecule has 0 saturated carbocycles. The van der Waals surface area contributed by atoms with Crippen molar-refractivity contribution in [2.24, 2.45) is 4.99 Å². The third-order valence-corrected chi connectivity index (χ3v) is 6.19. The molecule has 7 nitrogen and oxygen atoms in total. The zero-order valence-electron chi connectivity index (χ0n) is 16.4. The van der Waals surface area contributed by atoms with Gasteiger partial charge in [0.05, 0.1) is 17.9 Å². The molecular weight excluding hydrogens is 517 g/mol. The molecule has 0 aromatic heterocycles. The molecular formula is C21H20IN3O4S. The Bertz CT molecular complexity index is 977. The van der Waals surface area contributed by atoms with Gasteiger partial charge in [-0.1, -0.05) is 11.8 Å². The normalized spacial score (nSPS) is 17.3. The Morgan fingerprint density at radius 3 is 2.47 bits per heavy atom. The molecule has 1 aliphatic rings. The van der Waals surface area contributed by atoms with E-state index in [1.807, 2.05) is 24.3 Å². The molecule has 0 unspecified atom stereocenters. The smallest absolute Gasteiger partial charge is 0.338 e. The number of halogens is 1. The lowest BCUT2D eigenvalue weighted by molar-refractivity contribution is -0.127. The van der Waals surface area contributed by atoms with Gasteiger partial charge in [0.1, 0.15) is 5.25 Å². The number of amides is 2. The number of aliphatic imine (C=N–C) groups is 1. The Balaban J connectivity index is 1.64. The van der Waals surface area contributed by atoms with Crippen molar-refractivity contribution in [3.63, 3.8) is 0 Å². The summed E-state index contributed by atoms with van der Waals surface area (Å²) in [6.07, 6.45) is 0.0562. The number of carbonyl (C=O) groups excluding carboxylic acids is 3. The third kappa shape index (κ3) is 5.60. The van der Waals surface area contributed by atoms with Gasteiger partial charge in [-0.2, -0.15) is 0 Å². The van der Waals surface area contributed by atoms with Crippen molar-refractivity contribution < 1.29 is 19.1 Å². The molecule has 30 heavy (non-hydrogen) atoms. The molecule has 9 heteroatoms. The summed E-state index contributed by atoms with van der Waals surface area (Å²) < 4.78 is 6.04. The van der Waals surface area contributed by atoms with E-state index in [0.29, 0.717) is 28.7 Å². The number of amidine groups is 1. The molecule has 0 aliphatic carbocycles. The second kappa shape index (κ2) is 10.1. The van der Waals surface area contributed by atoms with Crippen molar-refractivity contribution >= 4 is 68.7 Å². The number of rotatable bonds is 6. The first-order chi connectivity index (χ1) is 14.4. The van der Waals surface area contributed by atoms with Crippen LogP contribution in [0.5, 0.6) is 0 Å². The molecule has 0 spiro atoms. The van der Waals surface area contributed by atoms with E-state index in [1.165, 1.54) is 16.7 Å². The molecule has 2 aromatic rings. The Morgan fingerprint density at radius 1 is 1.17 bits per heavy atom. The number of anilines is 1. The zero-order chi connectivity index (χ0) is 21.7. The van der Waals surface area contributed by atoms with E-state index in [9.17, 15) is 14.4 Å². The molecule has 0 radical (unpaired) electrons. The predicted molar refractivity (Wildman–Crippen MR) is 126 cm³/mol. The molecule has 2 amide bonds. The fourth-order valence-electron chi connectivity index (χ4n) is 2.71. The quantitative estimate of drug-likeness (QED) is 0.444. The standard InChI is InChI=1S/C21H20IN3O4S/c1-3-29-20(28)13-4-8-16(9-5-13)24-21-25(2)19(27)17(30-21)12-18(26)23-15-10-6-14(22)7-11-15/h4-11,17H,3,12H2,1-2H3,(H,23,26)/t17-/m0/s1. The number of hydrogen-bond donors (Lipinski definition) is 1. The van der Waals surface area contributed by atoms with Gasteiger partial charge in [0.2, 0.25) is 11.8 Å². The van der Waals surface area contributed by atoms with E-state index in [4.69, 9.17) is 4.74 Å². The second-order valence-electron chi connectivity index (χ2n) is 6.42. The summed E-state index contributed by atoms with van der Waals surface area (Å²) in [5.41, 5.74) is 1.74. The average molecular weight is 537 g/mol. The highest BCUT2D eigenvalue weighted by atomic mass is 127. The van der Waals surface area contributed by atoms with Gasteiger partial charge >= 0.3 is 5.97 Å². The van der Waals surface area contributed by atoms with Crippen LogP contribution in [0.3, 0.4) is 0 Å². The van der Waals surface area contributed by atoms with Gasteiger partial charge in [0, 0.05) is 22.7 Å². The maximum Gasteiger partial charge on any atom is 0.338 e. The number of ether oxygens (including phenoxy) is 1. The van der Waals surface area contributed by atoms with E-state index >= 15 is 0 Å². The van der Waals surface area contributed by atoms with Gasteiger partial charge in [-0.05, 0) is 78.0 Å². The van der Waals surface area contributed by atoms with Crippen LogP contribution in [0, 0.1) is 3.57 Å².